The Labute approximate surface area is 155 Å². The highest BCUT2D eigenvalue weighted by atomic mass is 16.5. The van der Waals surface area contributed by atoms with Crippen LogP contribution in [-0.4, -0.2) is 24.0 Å². The standard InChI is InChI=1S/C21H27N3O2/c1-26-20-11-7-6-8-16(20)15-23-21(25)19-14-18(12-13-22-19)24-17-9-4-2-3-5-10-17/h6-8,11-14,17H,2-5,9-10,15H2,1H3,(H,22,24)(H,23,25). The molecule has 0 bridgehead atoms. The van der Waals surface area contributed by atoms with Gasteiger partial charge in [-0.05, 0) is 31.0 Å². The number of para-hydroxylation sites is 1. The molecule has 0 aliphatic heterocycles. The van der Waals surface area contributed by atoms with E-state index in [4.69, 9.17) is 4.74 Å². The third-order valence-corrected chi connectivity index (χ3v) is 4.85. The lowest BCUT2D eigenvalue weighted by molar-refractivity contribution is 0.0945. The number of methoxy groups -OCH3 is 1. The SMILES string of the molecule is COc1ccccc1CNC(=O)c1cc(NC2CCCCCC2)ccn1. The molecule has 0 saturated heterocycles. The molecular formula is C21H27N3O2. The van der Waals surface area contributed by atoms with Crippen LogP contribution in [0.15, 0.2) is 42.6 Å². The summed E-state index contributed by atoms with van der Waals surface area (Å²) in [6.07, 6.45) is 9.27. The zero-order valence-electron chi connectivity index (χ0n) is 15.3. The van der Waals surface area contributed by atoms with Crippen molar-refractivity contribution in [3.63, 3.8) is 0 Å². The maximum Gasteiger partial charge on any atom is 0.270 e. The summed E-state index contributed by atoms with van der Waals surface area (Å²) in [5.41, 5.74) is 2.34. The van der Waals surface area contributed by atoms with Gasteiger partial charge in [-0.3, -0.25) is 9.78 Å². The summed E-state index contributed by atoms with van der Waals surface area (Å²) in [6, 6.07) is 11.9. The number of amides is 1. The topological polar surface area (TPSA) is 63.2 Å². The van der Waals surface area contributed by atoms with Gasteiger partial charge in [0.15, 0.2) is 0 Å². The van der Waals surface area contributed by atoms with Crippen LogP contribution in [0.3, 0.4) is 0 Å². The van der Waals surface area contributed by atoms with E-state index in [1.807, 2.05) is 36.4 Å². The number of benzene rings is 1. The monoisotopic (exact) mass is 353 g/mol. The van der Waals surface area contributed by atoms with Crippen molar-refractivity contribution in [1.29, 1.82) is 0 Å². The van der Waals surface area contributed by atoms with Crippen LogP contribution in [0.5, 0.6) is 5.75 Å². The summed E-state index contributed by atoms with van der Waals surface area (Å²) >= 11 is 0. The number of nitrogens with one attached hydrogen (secondary N) is 2. The van der Waals surface area contributed by atoms with Crippen molar-refractivity contribution in [1.82, 2.24) is 10.3 Å². The molecule has 1 aliphatic rings. The third-order valence-electron chi connectivity index (χ3n) is 4.85. The fourth-order valence-corrected chi connectivity index (χ4v) is 3.42. The van der Waals surface area contributed by atoms with Crippen molar-refractivity contribution in [3.8, 4) is 5.75 Å². The van der Waals surface area contributed by atoms with Crippen molar-refractivity contribution >= 4 is 11.6 Å². The number of aromatic nitrogens is 1. The number of rotatable bonds is 6. The van der Waals surface area contributed by atoms with Crippen molar-refractivity contribution in [3.05, 3.63) is 53.9 Å². The van der Waals surface area contributed by atoms with Crippen molar-refractivity contribution < 1.29 is 9.53 Å². The molecule has 5 nitrogen and oxygen atoms in total. The van der Waals surface area contributed by atoms with Crippen LogP contribution in [0.1, 0.15) is 54.6 Å². The number of carbonyl (C=O) groups is 1. The van der Waals surface area contributed by atoms with Gasteiger partial charge >= 0.3 is 0 Å². The molecule has 1 aliphatic carbocycles. The van der Waals surface area contributed by atoms with E-state index in [9.17, 15) is 4.79 Å². The van der Waals surface area contributed by atoms with Gasteiger partial charge in [-0.1, -0.05) is 43.9 Å². The predicted molar refractivity (Wildman–Crippen MR) is 104 cm³/mol. The van der Waals surface area contributed by atoms with E-state index in [0.29, 0.717) is 18.3 Å². The van der Waals surface area contributed by atoms with E-state index in [1.54, 1.807) is 13.3 Å². The van der Waals surface area contributed by atoms with Crippen LogP contribution >= 0.6 is 0 Å². The number of hydrogen-bond acceptors (Lipinski definition) is 4. The van der Waals surface area contributed by atoms with E-state index in [-0.39, 0.29) is 5.91 Å². The highest BCUT2D eigenvalue weighted by Crippen LogP contribution is 2.21. The predicted octanol–water partition coefficient (Wildman–Crippen LogP) is 4.15. The molecule has 0 unspecified atom stereocenters. The first-order chi connectivity index (χ1) is 12.8. The molecule has 5 heteroatoms. The van der Waals surface area contributed by atoms with Crippen LogP contribution in [0.2, 0.25) is 0 Å². The Balaban J connectivity index is 1.60. The first kappa shape index (κ1) is 18.2. The third kappa shape index (κ3) is 4.97. The average Bonchev–Trinajstić information content (AvgIpc) is 2.95. The Hall–Kier alpha value is -2.56. The second kappa shape index (κ2) is 9.22. The molecule has 1 heterocycles. The van der Waals surface area contributed by atoms with Crippen molar-refractivity contribution in [2.24, 2.45) is 0 Å². The summed E-state index contributed by atoms with van der Waals surface area (Å²) in [6.45, 7) is 0.408. The molecule has 138 valence electrons. The van der Waals surface area contributed by atoms with Gasteiger partial charge in [0.1, 0.15) is 11.4 Å². The smallest absolute Gasteiger partial charge is 0.270 e. The second-order valence-corrected chi connectivity index (χ2v) is 6.76. The molecule has 0 spiro atoms. The number of anilines is 1. The molecule has 1 saturated carbocycles. The highest BCUT2D eigenvalue weighted by Gasteiger charge is 2.14. The van der Waals surface area contributed by atoms with Crippen LogP contribution < -0.4 is 15.4 Å². The molecule has 1 aromatic heterocycles. The van der Waals surface area contributed by atoms with Crippen molar-refractivity contribution in [2.75, 3.05) is 12.4 Å². The van der Waals surface area contributed by atoms with Crippen molar-refractivity contribution in [2.45, 2.75) is 51.1 Å². The van der Waals surface area contributed by atoms with E-state index < -0.39 is 0 Å². The molecule has 2 N–H and O–H groups in total. The molecule has 0 atom stereocenters. The first-order valence-electron chi connectivity index (χ1n) is 9.39. The summed E-state index contributed by atoms with van der Waals surface area (Å²) in [7, 11) is 1.63. The van der Waals surface area contributed by atoms with Gasteiger partial charge in [-0.15, -0.1) is 0 Å². The zero-order chi connectivity index (χ0) is 18.2. The first-order valence-corrected chi connectivity index (χ1v) is 9.39. The molecule has 1 fully saturated rings. The Morgan fingerprint density at radius 2 is 1.92 bits per heavy atom. The number of ether oxygens (including phenoxy) is 1. The van der Waals surface area contributed by atoms with E-state index >= 15 is 0 Å². The fourth-order valence-electron chi connectivity index (χ4n) is 3.42. The molecule has 26 heavy (non-hydrogen) atoms. The van der Waals surface area contributed by atoms with Gasteiger partial charge in [-0.2, -0.15) is 0 Å². The zero-order valence-corrected chi connectivity index (χ0v) is 15.3. The second-order valence-electron chi connectivity index (χ2n) is 6.76. The molecule has 0 radical (unpaired) electrons. The minimum absolute atomic E-state index is 0.180. The largest absolute Gasteiger partial charge is 0.496 e. The average molecular weight is 353 g/mol. The van der Waals surface area contributed by atoms with Crippen LogP contribution in [0, 0.1) is 0 Å². The lowest BCUT2D eigenvalue weighted by Gasteiger charge is -2.18. The lowest BCUT2D eigenvalue weighted by atomic mass is 10.1. The number of nitrogens with zero attached hydrogens (tertiary/aromatic N) is 1. The molecule has 2 aromatic rings. The molecule has 3 rings (SSSR count). The minimum atomic E-state index is -0.180. The molecule has 1 aromatic carbocycles. The van der Waals surface area contributed by atoms with E-state index in [1.165, 1.54) is 38.5 Å². The summed E-state index contributed by atoms with van der Waals surface area (Å²) in [4.78, 5) is 16.7. The molecule has 1 amide bonds. The summed E-state index contributed by atoms with van der Waals surface area (Å²) < 4.78 is 5.32. The van der Waals surface area contributed by atoms with Gasteiger partial charge < -0.3 is 15.4 Å². The van der Waals surface area contributed by atoms with E-state index in [0.717, 1.165) is 17.0 Å². The van der Waals surface area contributed by atoms with Gasteiger partial charge in [0.25, 0.3) is 5.91 Å². The Morgan fingerprint density at radius 3 is 2.69 bits per heavy atom. The number of hydrogen-bond donors (Lipinski definition) is 2. The van der Waals surface area contributed by atoms with Gasteiger partial charge in [0.05, 0.1) is 7.11 Å². The van der Waals surface area contributed by atoms with Gasteiger partial charge in [0, 0.05) is 30.0 Å². The maximum atomic E-state index is 12.5. The van der Waals surface area contributed by atoms with E-state index in [2.05, 4.69) is 15.6 Å². The molecular weight excluding hydrogens is 326 g/mol. The van der Waals surface area contributed by atoms with Crippen LogP contribution in [-0.2, 0) is 6.54 Å². The van der Waals surface area contributed by atoms with Crippen LogP contribution in [0.4, 0.5) is 5.69 Å². The van der Waals surface area contributed by atoms with Gasteiger partial charge in [-0.25, -0.2) is 0 Å². The summed E-state index contributed by atoms with van der Waals surface area (Å²) in [5, 5.41) is 6.49. The lowest BCUT2D eigenvalue weighted by Crippen LogP contribution is -2.24. The highest BCUT2D eigenvalue weighted by molar-refractivity contribution is 5.93. The quantitative estimate of drug-likeness (QED) is 0.766. The Kier molecular flexibility index (Phi) is 6.47. The normalized spacial score (nSPS) is 15.1. The number of pyridine rings is 1. The Bertz CT molecular complexity index is 725. The van der Waals surface area contributed by atoms with Gasteiger partial charge in [0.2, 0.25) is 0 Å². The number of carbonyl (C=O) groups excluding carboxylic acids is 1. The maximum absolute atomic E-state index is 12.5. The Morgan fingerprint density at radius 1 is 1.15 bits per heavy atom. The fraction of sp³-hybridized carbons (Fsp3) is 0.429. The van der Waals surface area contributed by atoms with Crippen LogP contribution in [0.25, 0.3) is 0 Å². The summed E-state index contributed by atoms with van der Waals surface area (Å²) in [5.74, 6) is 0.588. The minimum Gasteiger partial charge on any atom is -0.496 e.